The van der Waals surface area contributed by atoms with E-state index in [1.54, 1.807) is 11.8 Å². The number of anilines is 1. The Bertz CT molecular complexity index is 636. The van der Waals surface area contributed by atoms with E-state index in [0.29, 0.717) is 17.4 Å². The number of hydrogen-bond donors (Lipinski definition) is 2. The third kappa shape index (κ3) is 2.30. The summed E-state index contributed by atoms with van der Waals surface area (Å²) in [7, 11) is 0. The molecule has 1 aromatic rings. The van der Waals surface area contributed by atoms with Crippen LogP contribution >= 0.6 is 11.8 Å². The van der Waals surface area contributed by atoms with Crippen molar-refractivity contribution in [3.05, 3.63) is 23.8 Å². The highest BCUT2D eigenvalue weighted by molar-refractivity contribution is 8.00. The third-order valence-corrected chi connectivity index (χ3v) is 6.01. The number of carbonyl (C=O) groups is 2. The zero-order chi connectivity index (χ0) is 15.3. The number of fused-ring (bicyclic) bond motifs is 2. The second-order valence-corrected chi connectivity index (χ2v) is 7.73. The van der Waals surface area contributed by atoms with Gasteiger partial charge in [-0.05, 0) is 37.0 Å². The summed E-state index contributed by atoms with van der Waals surface area (Å²) in [6.07, 6.45) is 0. The van der Waals surface area contributed by atoms with Gasteiger partial charge in [-0.2, -0.15) is 0 Å². The Labute approximate surface area is 133 Å². The zero-order valence-corrected chi connectivity index (χ0v) is 13.3. The van der Waals surface area contributed by atoms with Crippen LogP contribution in [0.4, 0.5) is 5.69 Å². The summed E-state index contributed by atoms with van der Waals surface area (Å²) in [6, 6.07) is 5.65. The van der Waals surface area contributed by atoms with Gasteiger partial charge in [-0.15, -0.1) is 11.8 Å². The Balaban J connectivity index is 1.55. The van der Waals surface area contributed by atoms with Crippen molar-refractivity contribution in [2.24, 2.45) is 11.8 Å². The lowest BCUT2D eigenvalue weighted by Gasteiger charge is -2.23. The van der Waals surface area contributed by atoms with Gasteiger partial charge >= 0.3 is 0 Å². The van der Waals surface area contributed by atoms with E-state index in [4.69, 9.17) is 0 Å². The first-order valence-corrected chi connectivity index (χ1v) is 8.61. The summed E-state index contributed by atoms with van der Waals surface area (Å²) in [5.74, 6) is 1.27. The summed E-state index contributed by atoms with van der Waals surface area (Å²) >= 11 is 1.54. The Morgan fingerprint density at radius 2 is 2.00 bits per heavy atom. The van der Waals surface area contributed by atoms with Crippen molar-refractivity contribution in [1.82, 2.24) is 10.2 Å². The van der Waals surface area contributed by atoms with Crippen LogP contribution in [0.25, 0.3) is 0 Å². The van der Waals surface area contributed by atoms with E-state index < -0.39 is 0 Å². The molecule has 3 aliphatic heterocycles. The Morgan fingerprint density at radius 3 is 2.73 bits per heavy atom. The van der Waals surface area contributed by atoms with Crippen LogP contribution < -0.4 is 10.6 Å². The fraction of sp³-hybridized carbons (Fsp3) is 0.500. The minimum Gasteiger partial charge on any atom is -0.338 e. The maximum atomic E-state index is 12.7. The first kappa shape index (κ1) is 14.1. The molecule has 116 valence electrons. The SMILES string of the molecule is CC1Sc2ccc(C(=O)N3C[C@H]4CNC[C@H]4C3)cc2NC1=O. The predicted molar refractivity (Wildman–Crippen MR) is 86.1 cm³/mol. The minimum atomic E-state index is -0.0838. The van der Waals surface area contributed by atoms with Crippen molar-refractivity contribution in [3.8, 4) is 0 Å². The zero-order valence-electron chi connectivity index (χ0n) is 12.5. The molecule has 0 saturated carbocycles. The Kier molecular flexibility index (Phi) is 3.38. The molecular formula is C16H19N3O2S. The molecule has 0 aromatic heterocycles. The standard InChI is InChI=1S/C16H19N3O2S/c1-9-15(20)18-13-4-10(2-3-14(13)22-9)16(21)19-7-11-5-17-6-12(11)8-19/h2-4,9,11-12,17H,5-8H2,1H3,(H,18,20)/t9?,11-,12+. The monoisotopic (exact) mass is 317 g/mol. The number of amides is 2. The molecule has 5 nitrogen and oxygen atoms in total. The molecule has 1 unspecified atom stereocenters. The van der Waals surface area contributed by atoms with E-state index in [0.717, 1.165) is 36.8 Å². The second-order valence-electron chi connectivity index (χ2n) is 6.35. The number of hydrogen-bond acceptors (Lipinski definition) is 4. The van der Waals surface area contributed by atoms with Crippen molar-refractivity contribution in [3.63, 3.8) is 0 Å². The van der Waals surface area contributed by atoms with Gasteiger partial charge in [0.1, 0.15) is 0 Å². The summed E-state index contributed by atoms with van der Waals surface area (Å²) in [5, 5.41) is 6.20. The first-order chi connectivity index (χ1) is 10.6. The molecule has 1 aromatic carbocycles. The molecule has 0 bridgehead atoms. The average molecular weight is 317 g/mol. The molecule has 2 saturated heterocycles. The fourth-order valence-electron chi connectivity index (χ4n) is 3.55. The summed E-state index contributed by atoms with van der Waals surface area (Å²) in [5.41, 5.74) is 1.43. The van der Waals surface area contributed by atoms with Gasteiger partial charge < -0.3 is 15.5 Å². The lowest BCUT2D eigenvalue weighted by atomic mass is 10.0. The van der Waals surface area contributed by atoms with E-state index in [-0.39, 0.29) is 17.1 Å². The van der Waals surface area contributed by atoms with Crippen LogP contribution in [-0.4, -0.2) is 48.1 Å². The van der Waals surface area contributed by atoms with Crippen molar-refractivity contribution in [2.75, 3.05) is 31.5 Å². The quantitative estimate of drug-likeness (QED) is 0.822. The summed E-state index contributed by atoms with van der Waals surface area (Å²) < 4.78 is 0. The number of benzene rings is 1. The van der Waals surface area contributed by atoms with Gasteiger partial charge in [0.15, 0.2) is 0 Å². The molecular weight excluding hydrogens is 298 g/mol. The fourth-order valence-corrected chi connectivity index (χ4v) is 4.48. The van der Waals surface area contributed by atoms with Crippen LogP contribution in [0, 0.1) is 11.8 Å². The van der Waals surface area contributed by atoms with Crippen LogP contribution in [0.3, 0.4) is 0 Å². The summed E-state index contributed by atoms with van der Waals surface area (Å²) in [4.78, 5) is 27.5. The van der Waals surface area contributed by atoms with Gasteiger partial charge in [-0.1, -0.05) is 0 Å². The van der Waals surface area contributed by atoms with Crippen molar-refractivity contribution in [1.29, 1.82) is 0 Å². The van der Waals surface area contributed by atoms with Crippen LogP contribution in [0.5, 0.6) is 0 Å². The van der Waals surface area contributed by atoms with Crippen LogP contribution in [0.15, 0.2) is 23.1 Å². The molecule has 6 heteroatoms. The smallest absolute Gasteiger partial charge is 0.253 e. The number of rotatable bonds is 1. The predicted octanol–water partition coefficient (Wildman–Crippen LogP) is 1.41. The van der Waals surface area contributed by atoms with E-state index >= 15 is 0 Å². The molecule has 3 atom stereocenters. The molecule has 22 heavy (non-hydrogen) atoms. The maximum Gasteiger partial charge on any atom is 0.253 e. The number of carbonyl (C=O) groups excluding carboxylic acids is 2. The number of nitrogens with zero attached hydrogens (tertiary/aromatic N) is 1. The third-order valence-electron chi connectivity index (χ3n) is 4.83. The van der Waals surface area contributed by atoms with E-state index in [2.05, 4.69) is 10.6 Å². The van der Waals surface area contributed by atoms with Gasteiger partial charge in [0.2, 0.25) is 5.91 Å². The molecule has 3 aliphatic rings. The second kappa shape index (κ2) is 5.28. The molecule has 3 heterocycles. The number of thioether (sulfide) groups is 1. The van der Waals surface area contributed by atoms with Crippen LogP contribution in [-0.2, 0) is 4.79 Å². The lowest BCUT2D eigenvalue weighted by Crippen LogP contribution is -2.32. The van der Waals surface area contributed by atoms with E-state index in [9.17, 15) is 9.59 Å². The van der Waals surface area contributed by atoms with Gasteiger partial charge in [0.25, 0.3) is 5.91 Å². The average Bonchev–Trinajstić information content (AvgIpc) is 3.08. The molecule has 4 rings (SSSR count). The first-order valence-electron chi connectivity index (χ1n) is 7.73. The largest absolute Gasteiger partial charge is 0.338 e. The summed E-state index contributed by atoms with van der Waals surface area (Å²) in [6.45, 7) is 5.60. The van der Waals surface area contributed by atoms with Gasteiger partial charge in [-0.3, -0.25) is 9.59 Å². The molecule has 0 aliphatic carbocycles. The van der Waals surface area contributed by atoms with Crippen molar-refractivity contribution >= 4 is 29.3 Å². The minimum absolute atomic E-state index is 0.00359. The molecule has 2 amide bonds. The van der Waals surface area contributed by atoms with Crippen molar-refractivity contribution in [2.45, 2.75) is 17.1 Å². The van der Waals surface area contributed by atoms with Gasteiger partial charge in [0, 0.05) is 36.6 Å². The molecule has 2 N–H and O–H groups in total. The topological polar surface area (TPSA) is 61.4 Å². The highest BCUT2D eigenvalue weighted by Gasteiger charge is 2.38. The van der Waals surface area contributed by atoms with Gasteiger partial charge in [0.05, 0.1) is 10.9 Å². The Hall–Kier alpha value is -1.53. The lowest BCUT2D eigenvalue weighted by molar-refractivity contribution is -0.115. The van der Waals surface area contributed by atoms with E-state index in [1.165, 1.54) is 0 Å². The highest BCUT2D eigenvalue weighted by atomic mass is 32.2. The number of nitrogens with one attached hydrogen (secondary N) is 2. The normalized spacial score (nSPS) is 30.0. The Morgan fingerprint density at radius 1 is 1.27 bits per heavy atom. The highest BCUT2D eigenvalue weighted by Crippen LogP contribution is 2.36. The molecule has 2 fully saturated rings. The van der Waals surface area contributed by atoms with Crippen LogP contribution in [0.1, 0.15) is 17.3 Å². The van der Waals surface area contributed by atoms with Crippen molar-refractivity contribution < 1.29 is 9.59 Å². The van der Waals surface area contributed by atoms with E-state index in [1.807, 2.05) is 30.0 Å². The number of likely N-dealkylation sites (tertiary alicyclic amines) is 1. The molecule has 0 radical (unpaired) electrons. The van der Waals surface area contributed by atoms with Crippen LogP contribution in [0.2, 0.25) is 0 Å². The van der Waals surface area contributed by atoms with Gasteiger partial charge in [-0.25, -0.2) is 0 Å². The maximum absolute atomic E-state index is 12.7. The molecule has 0 spiro atoms.